The zero-order valence-electron chi connectivity index (χ0n) is 13.6. The molecule has 2 aromatic carbocycles. The average molecular weight is 374 g/mol. The third-order valence-electron chi connectivity index (χ3n) is 4.76. The highest BCUT2D eigenvalue weighted by atomic mass is 79.9. The van der Waals surface area contributed by atoms with Gasteiger partial charge in [0.25, 0.3) is 0 Å². The van der Waals surface area contributed by atoms with Crippen LogP contribution in [0.15, 0.2) is 53.0 Å². The van der Waals surface area contributed by atoms with Crippen LogP contribution in [0.25, 0.3) is 0 Å². The Bertz CT molecular complexity index is 603. The molecule has 0 bridgehead atoms. The molecule has 1 saturated carbocycles. The van der Waals surface area contributed by atoms with Crippen LogP contribution in [0.4, 0.5) is 5.69 Å². The number of methoxy groups -OCH3 is 1. The van der Waals surface area contributed by atoms with Crippen LogP contribution < -0.4 is 10.1 Å². The molecule has 0 amide bonds. The quantitative estimate of drug-likeness (QED) is 0.674. The Morgan fingerprint density at radius 3 is 2.22 bits per heavy atom. The molecular formula is C20H24BrNO. The van der Waals surface area contributed by atoms with Crippen molar-refractivity contribution < 1.29 is 4.74 Å². The highest BCUT2D eigenvalue weighted by Gasteiger charge is 2.25. The third-order valence-corrected chi connectivity index (χ3v) is 5.29. The molecule has 2 nitrogen and oxygen atoms in total. The minimum atomic E-state index is 0.372. The van der Waals surface area contributed by atoms with Crippen molar-refractivity contribution in [3.63, 3.8) is 0 Å². The fourth-order valence-electron chi connectivity index (χ4n) is 3.48. The van der Waals surface area contributed by atoms with Crippen LogP contribution in [-0.4, -0.2) is 7.11 Å². The lowest BCUT2D eigenvalue weighted by atomic mass is 9.81. The summed E-state index contributed by atoms with van der Waals surface area (Å²) in [5, 5.41) is 3.76. The second-order valence-corrected chi connectivity index (χ2v) is 7.22. The Hall–Kier alpha value is -1.48. The summed E-state index contributed by atoms with van der Waals surface area (Å²) in [4.78, 5) is 0. The molecule has 1 fully saturated rings. The fraction of sp³-hybridized carbons (Fsp3) is 0.400. The van der Waals surface area contributed by atoms with Crippen molar-refractivity contribution in [2.24, 2.45) is 5.92 Å². The molecule has 1 atom stereocenters. The number of halogens is 1. The summed E-state index contributed by atoms with van der Waals surface area (Å²) in [5.41, 5.74) is 2.53. The van der Waals surface area contributed by atoms with E-state index < -0.39 is 0 Å². The van der Waals surface area contributed by atoms with E-state index in [1.165, 1.54) is 37.7 Å². The molecule has 2 aromatic rings. The van der Waals surface area contributed by atoms with Gasteiger partial charge in [0, 0.05) is 10.2 Å². The summed E-state index contributed by atoms with van der Waals surface area (Å²) in [7, 11) is 1.70. The minimum Gasteiger partial charge on any atom is -0.497 e. The summed E-state index contributed by atoms with van der Waals surface area (Å²) >= 11 is 3.54. The van der Waals surface area contributed by atoms with E-state index in [-0.39, 0.29) is 0 Å². The molecule has 0 aliphatic heterocycles. The Kier molecular flexibility index (Phi) is 5.60. The van der Waals surface area contributed by atoms with E-state index in [0.717, 1.165) is 15.9 Å². The number of rotatable bonds is 5. The zero-order valence-corrected chi connectivity index (χ0v) is 15.2. The SMILES string of the molecule is COc1ccc(NC(c2ccc(Br)cc2)C2CCCCC2)cc1. The van der Waals surface area contributed by atoms with E-state index in [9.17, 15) is 0 Å². The normalized spacial score (nSPS) is 16.8. The lowest BCUT2D eigenvalue weighted by Gasteiger charge is -2.32. The maximum atomic E-state index is 5.26. The lowest BCUT2D eigenvalue weighted by molar-refractivity contribution is 0.321. The molecule has 0 heterocycles. The van der Waals surface area contributed by atoms with Crippen molar-refractivity contribution in [3.05, 3.63) is 58.6 Å². The summed E-state index contributed by atoms with van der Waals surface area (Å²) < 4.78 is 6.39. The lowest BCUT2D eigenvalue weighted by Crippen LogP contribution is -2.23. The van der Waals surface area contributed by atoms with Gasteiger partial charge >= 0.3 is 0 Å². The predicted octanol–water partition coefficient (Wildman–Crippen LogP) is 6.19. The monoisotopic (exact) mass is 373 g/mol. The number of hydrogen-bond acceptors (Lipinski definition) is 2. The van der Waals surface area contributed by atoms with Gasteiger partial charge in [-0.15, -0.1) is 0 Å². The number of nitrogens with one attached hydrogen (secondary N) is 1. The number of anilines is 1. The molecule has 122 valence electrons. The fourth-order valence-corrected chi connectivity index (χ4v) is 3.74. The van der Waals surface area contributed by atoms with Crippen LogP contribution in [0.2, 0.25) is 0 Å². The molecule has 1 unspecified atom stereocenters. The van der Waals surface area contributed by atoms with E-state index in [1.807, 2.05) is 12.1 Å². The highest BCUT2D eigenvalue weighted by molar-refractivity contribution is 9.10. The van der Waals surface area contributed by atoms with Crippen molar-refractivity contribution in [2.45, 2.75) is 38.1 Å². The molecule has 1 aliphatic carbocycles. The van der Waals surface area contributed by atoms with Crippen LogP contribution in [-0.2, 0) is 0 Å². The number of hydrogen-bond donors (Lipinski definition) is 1. The molecule has 0 aromatic heterocycles. The summed E-state index contributed by atoms with van der Waals surface area (Å²) in [5.74, 6) is 1.60. The third kappa shape index (κ3) is 4.29. The zero-order chi connectivity index (χ0) is 16.1. The van der Waals surface area contributed by atoms with Gasteiger partial charge in [0.1, 0.15) is 5.75 Å². The molecule has 3 rings (SSSR count). The van der Waals surface area contributed by atoms with Crippen molar-refractivity contribution in [1.29, 1.82) is 0 Å². The highest BCUT2D eigenvalue weighted by Crippen LogP contribution is 2.37. The van der Waals surface area contributed by atoms with E-state index in [4.69, 9.17) is 4.74 Å². The van der Waals surface area contributed by atoms with E-state index in [2.05, 4.69) is 57.6 Å². The maximum absolute atomic E-state index is 5.26. The van der Waals surface area contributed by atoms with Gasteiger partial charge in [-0.05, 0) is 60.7 Å². The standard InChI is InChI=1S/C20H24BrNO/c1-23-19-13-11-18(12-14-19)22-20(15-5-3-2-4-6-15)16-7-9-17(21)10-8-16/h7-15,20,22H,2-6H2,1H3. The van der Waals surface area contributed by atoms with E-state index >= 15 is 0 Å². The smallest absolute Gasteiger partial charge is 0.119 e. The second kappa shape index (κ2) is 7.87. The first-order valence-corrected chi connectivity index (χ1v) is 9.21. The van der Waals surface area contributed by atoms with Crippen LogP contribution in [0.1, 0.15) is 43.7 Å². The van der Waals surface area contributed by atoms with Gasteiger partial charge < -0.3 is 10.1 Å². The Morgan fingerprint density at radius 1 is 0.957 bits per heavy atom. The number of ether oxygens (including phenoxy) is 1. The molecule has 0 saturated heterocycles. The van der Waals surface area contributed by atoms with Gasteiger partial charge in [-0.3, -0.25) is 0 Å². The average Bonchev–Trinajstić information content (AvgIpc) is 2.62. The van der Waals surface area contributed by atoms with Gasteiger partial charge in [-0.25, -0.2) is 0 Å². The molecule has 23 heavy (non-hydrogen) atoms. The van der Waals surface area contributed by atoms with Crippen molar-refractivity contribution >= 4 is 21.6 Å². The van der Waals surface area contributed by atoms with Gasteiger partial charge in [-0.2, -0.15) is 0 Å². The van der Waals surface area contributed by atoms with Crippen LogP contribution in [0.3, 0.4) is 0 Å². The van der Waals surface area contributed by atoms with E-state index in [1.54, 1.807) is 7.11 Å². The molecule has 0 spiro atoms. The van der Waals surface area contributed by atoms with Gasteiger partial charge in [0.2, 0.25) is 0 Å². The summed E-state index contributed by atoms with van der Waals surface area (Å²) in [6, 6.07) is 17.4. The molecule has 1 N–H and O–H groups in total. The first-order valence-electron chi connectivity index (χ1n) is 8.42. The molecular weight excluding hydrogens is 350 g/mol. The van der Waals surface area contributed by atoms with Crippen molar-refractivity contribution in [3.8, 4) is 5.75 Å². The molecule has 0 radical (unpaired) electrons. The summed E-state index contributed by atoms with van der Waals surface area (Å²) in [6.07, 6.45) is 6.70. The Balaban J connectivity index is 1.82. The topological polar surface area (TPSA) is 21.3 Å². The largest absolute Gasteiger partial charge is 0.497 e. The minimum absolute atomic E-state index is 0.372. The van der Waals surface area contributed by atoms with Gasteiger partial charge in [0.05, 0.1) is 13.2 Å². The predicted molar refractivity (Wildman–Crippen MR) is 100 cm³/mol. The van der Waals surface area contributed by atoms with Gasteiger partial charge in [-0.1, -0.05) is 47.3 Å². The number of benzene rings is 2. The molecule has 1 aliphatic rings. The van der Waals surface area contributed by atoms with Crippen LogP contribution in [0.5, 0.6) is 5.75 Å². The van der Waals surface area contributed by atoms with Crippen molar-refractivity contribution in [2.75, 3.05) is 12.4 Å². The molecule has 3 heteroatoms. The van der Waals surface area contributed by atoms with Crippen LogP contribution in [0, 0.1) is 5.92 Å². The van der Waals surface area contributed by atoms with Gasteiger partial charge in [0.15, 0.2) is 0 Å². The Labute approximate surface area is 147 Å². The van der Waals surface area contributed by atoms with Crippen molar-refractivity contribution in [1.82, 2.24) is 0 Å². The van der Waals surface area contributed by atoms with E-state index in [0.29, 0.717) is 12.0 Å². The first kappa shape index (κ1) is 16.4. The summed E-state index contributed by atoms with van der Waals surface area (Å²) in [6.45, 7) is 0. The second-order valence-electron chi connectivity index (χ2n) is 6.30. The first-order chi connectivity index (χ1) is 11.3. The maximum Gasteiger partial charge on any atom is 0.119 e. The Morgan fingerprint density at radius 2 is 1.61 bits per heavy atom. The van der Waals surface area contributed by atoms with Crippen LogP contribution >= 0.6 is 15.9 Å².